The van der Waals surface area contributed by atoms with Crippen LogP contribution in [-0.4, -0.2) is 49.5 Å². The van der Waals surface area contributed by atoms with Crippen LogP contribution in [0.3, 0.4) is 0 Å². The van der Waals surface area contributed by atoms with Crippen molar-refractivity contribution in [3.05, 3.63) is 54.1 Å². The van der Waals surface area contributed by atoms with E-state index in [-0.39, 0.29) is 13.0 Å². The predicted octanol–water partition coefficient (Wildman–Crippen LogP) is 5.07. The molecule has 0 saturated heterocycles. The Morgan fingerprint density at radius 3 is 2.03 bits per heavy atom. The Morgan fingerprint density at radius 1 is 0.892 bits per heavy atom. The van der Waals surface area contributed by atoms with E-state index in [9.17, 15) is 9.59 Å². The van der Waals surface area contributed by atoms with Gasteiger partial charge in [-0.25, -0.2) is 4.79 Å². The van der Waals surface area contributed by atoms with Gasteiger partial charge in [-0.3, -0.25) is 4.79 Å². The van der Waals surface area contributed by atoms with Crippen molar-refractivity contribution in [1.29, 1.82) is 0 Å². The summed E-state index contributed by atoms with van der Waals surface area (Å²) in [6.07, 6.45) is -0.733. The Balaban J connectivity index is 1.68. The van der Waals surface area contributed by atoms with Crippen LogP contribution in [0.25, 0.3) is 11.4 Å². The highest BCUT2D eigenvalue weighted by molar-refractivity contribution is 5.73. The Morgan fingerprint density at radius 2 is 1.46 bits per heavy atom. The first-order valence-corrected chi connectivity index (χ1v) is 12.1. The molecule has 0 saturated carbocycles. The number of alkyl carbamates (subject to hydrolysis) is 1. The van der Waals surface area contributed by atoms with Crippen LogP contribution < -0.4 is 10.1 Å². The Hall–Kier alpha value is -3.95. The highest BCUT2D eigenvalue weighted by atomic mass is 16.6. The summed E-state index contributed by atoms with van der Waals surface area (Å²) in [5.74, 6) is 1.36. The SMILES string of the molecule is Cc1ccc(Oc2ccc(-c3nnn(CC(CC(=O)OC(C)(C)C)NC(=O)OC(C)(C)C)n3)cc2)cc1. The molecular weight excluding hydrogens is 474 g/mol. The van der Waals surface area contributed by atoms with Gasteiger partial charge < -0.3 is 19.5 Å². The lowest BCUT2D eigenvalue weighted by atomic mass is 10.1. The second-order valence-electron chi connectivity index (χ2n) is 10.7. The van der Waals surface area contributed by atoms with Crippen molar-refractivity contribution < 1.29 is 23.8 Å². The number of aryl methyl sites for hydroxylation is 1. The number of hydrogen-bond donors (Lipinski definition) is 1. The summed E-state index contributed by atoms with van der Waals surface area (Å²) in [4.78, 5) is 26.1. The highest BCUT2D eigenvalue weighted by Gasteiger charge is 2.25. The molecule has 1 heterocycles. The molecule has 198 valence electrons. The molecule has 1 amide bonds. The van der Waals surface area contributed by atoms with Crippen LogP contribution in [0.15, 0.2) is 48.5 Å². The minimum Gasteiger partial charge on any atom is -0.460 e. The molecule has 37 heavy (non-hydrogen) atoms. The fourth-order valence-corrected chi connectivity index (χ4v) is 3.27. The summed E-state index contributed by atoms with van der Waals surface area (Å²) in [6.45, 7) is 12.7. The molecule has 2 aromatic carbocycles. The van der Waals surface area contributed by atoms with Gasteiger partial charge in [-0.05, 0) is 90.1 Å². The van der Waals surface area contributed by atoms with Crippen LogP contribution in [0.4, 0.5) is 4.79 Å². The number of tetrazole rings is 1. The van der Waals surface area contributed by atoms with E-state index in [1.54, 1.807) is 41.5 Å². The molecular formula is C27H35N5O5. The molecule has 1 aromatic heterocycles. The molecule has 10 nitrogen and oxygen atoms in total. The number of rotatable bonds is 8. The lowest BCUT2D eigenvalue weighted by Gasteiger charge is -2.24. The normalized spacial score (nSPS) is 12.5. The Bertz CT molecular complexity index is 1160. The fourth-order valence-electron chi connectivity index (χ4n) is 3.27. The highest BCUT2D eigenvalue weighted by Crippen LogP contribution is 2.24. The number of aromatic nitrogens is 4. The van der Waals surface area contributed by atoms with Gasteiger partial charge in [0.15, 0.2) is 0 Å². The van der Waals surface area contributed by atoms with Crippen LogP contribution >= 0.6 is 0 Å². The molecule has 0 spiro atoms. The summed E-state index contributed by atoms with van der Waals surface area (Å²) in [5.41, 5.74) is 0.564. The van der Waals surface area contributed by atoms with Crippen molar-refractivity contribution in [2.24, 2.45) is 0 Å². The van der Waals surface area contributed by atoms with Crippen molar-refractivity contribution >= 4 is 12.1 Å². The molecule has 0 aliphatic heterocycles. The van der Waals surface area contributed by atoms with E-state index >= 15 is 0 Å². The molecule has 0 radical (unpaired) electrons. The maximum absolute atomic E-state index is 12.4. The smallest absolute Gasteiger partial charge is 0.407 e. The molecule has 1 N–H and O–H groups in total. The Kier molecular flexibility index (Phi) is 8.52. The van der Waals surface area contributed by atoms with E-state index in [4.69, 9.17) is 14.2 Å². The predicted molar refractivity (Wildman–Crippen MR) is 138 cm³/mol. The zero-order valence-corrected chi connectivity index (χ0v) is 22.4. The Labute approximate surface area is 217 Å². The van der Waals surface area contributed by atoms with Crippen molar-refractivity contribution in [3.8, 4) is 22.9 Å². The number of ether oxygens (including phenoxy) is 3. The first kappa shape index (κ1) is 27.6. The summed E-state index contributed by atoms with van der Waals surface area (Å²) in [5, 5.41) is 15.3. The molecule has 1 atom stereocenters. The number of nitrogens with one attached hydrogen (secondary N) is 1. The molecule has 0 fully saturated rings. The van der Waals surface area contributed by atoms with E-state index in [1.165, 1.54) is 4.80 Å². The average molecular weight is 510 g/mol. The number of amides is 1. The second-order valence-corrected chi connectivity index (χ2v) is 10.7. The molecule has 1 unspecified atom stereocenters. The van der Waals surface area contributed by atoms with Crippen molar-refractivity contribution in [2.45, 2.75) is 78.7 Å². The van der Waals surface area contributed by atoms with Gasteiger partial charge in [-0.15, -0.1) is 10.2 Å². The first-order chi connectivity index (χ1) is 17.3. The van der Waals surface area contributed by atoms with Gasteiger partial charge in [0.1, 0.15) is 22.7 Å². The summed E-state index contributed by atoms with van der Waals surface area (Å²) < 4.78 is 16.6. The third kappa shape index (κ3) is 9.55. The summed E-state index contributed by atoms with van der Waals surface area (Å²) >= 11 is 0. The average Bonchev–Trinajstić information content (AvgIpc) is 3.21. The minimum atomic E-state index is -0.686. The van der Waals surface area contributed by atoms with Gasteiger partial charge in [0.05, 0.1) is 19.0 Å². The molecule has 0 bridgehead atoms. The summed E-state index contributed by atoms with van der Waals surface area (Å²) in [6, 6.07) is 14.4. The van der Waals surface area contributed by atoms with Gasteiger partial charge in [0, 0.05) is 5.56 Å². The molecule has 0 aliphatic rings. The zero-order valence-electron chi connectivity index (χ0n) is 22.4. The van der Waals surface area contributed by atoms with Crippen molar-refractivity contribution in [3.63, 3.8) is 0 Å². The van der Waals surface area contributed by atoms with E-state index in [1.807, 2.05) is 55.5 Å². The van der Waals surface area contributed by atoms with Crippen LogP contribution in [0.2, 0.25) is 0 Å². The number of hydrogen-bond acceptors (Lipinski definition) is 8. The number of nitrogens with zero attached hydrogens (tertiary/aromatic N) is 4. The maximum Gasteiger partial charge on any atom is 0.407 e. The number of carbonyl (C=O) groups excluding carboxylic acids is 2. The molecule has 0 aliphatic carbocycles. The number of carbonyl (C=O) groups is 2. The van der Waals surface area contributed by atoms with Gasteiger partial charge in [0.25, 0.3) is 0 Å². The van der Waals surface area contributed by atoms with E-state index in [2.05, 4.69) is 20.7 Å². The molecule has 10 heteroatoms. The third-order valence-electron chi connectivity index (χ3n) is 4.76. The topological polar surface area (TPSA) is 117 Å². The maximum atomic E-state index is 12.4. The van der Waals surface area contributed by atoms with E-state index in [0.29, 0.717) is 11.6 Å². The largest absolute Gasteiger partial charge is 0.460 e. The lowest BCUT2D eigenvalue weighted by molar-refractivity contribution is -0.155. The summed E-state index contributed by atoms with van der Waals surface area (Å²) in [7, 11) is 0. The zero-order chi connectivity index (χ0) is 27.2. The molecule has 3 aromatic rings. The minimum absolute atomic E-state index is 0.0849. The number of esters is 1. The van der Waals surface area contributed by atoms with E-state index in [0.717, 1.165) is 16.9 Å². The standard InChI is InChI=1S/C27H35N5O5/c1-18-8-12-21(13-9-18)35-22-14-10-19(11-15-22)24-29-31-32(30-24)17-20(16-23(33)36-26(2,3)4)28-25(34)37-27(5,6)7/h8-15,20H,16-17H2,1-7H3,(H,28,34). The van der Waals surface area contributed by atoms with Crippen molar-refractivity contribution in [1.82, 2.24) is 25.5 Å². The van der Waals surface area contributed by atoms with Gasteiger partial charge in [-0.1, -0.05) is 17.7 Å². The lowest BCUT2D eigenvalue weighted by Crippen LogP contribution is -2.43. The monoisotopic (exact) mass is 509 g/mol. The number of benzene rings is 2. The molecule has 3 rings (SSSR count). The van der Waals surface area contributed by atoms with Gasteiger partial charge in [0.2, 0.25) is 5.82 Å². The third-order valence-corrected chi connectivity index (χ3v) is 4.76. The first-order valence-electron chi connectivity index (χ1n) is 12.1. The van der Waals surface area contributed by atoms with Gasteiger partial charge >= 0.3 is 12.1 Å². The van der Waals surface area contributed by atoms with Crippen LogP contribution in [-0.2, 0) is 20.8 Å². The van der Waals surface area contributed by atoms with E-state index < -0.39 is 29.3 Å². The van der Waals surface area contributed by atoms with Crippen LogP contribution in [0.1, 0.15) is 53.5 Å². The van der Waals surface area contributed by atoms with Crippen molar-refractivity contribution in [2.75, 3.05) is 0 Å². The second kappa shape index (κ2) is 11.4. The fraction of sp³-hybridized carbons (Fsp3) is 0.444. The van der Waals surface area contributed by atoms with Gasteiger partial charge in [-0.2, -0.15) is 4.80 Å². The van der Waals surface area contributed by atoms with Crippen LogP contribution in [0, 0.1) is 6.92 Å². The van der Waals surface area contributed by atoms with Crippen LogP contribution in [0.5, 0.6) is 11.5 Å². The quantitative estimate of drug-likeness (QED) is 0.419.